The van der Waals surface area contributed by atoms with Crippen LogP contribution in [0.2, 0.25) is 5.02 Å². The van der Waals surface area contributed by atoms with Gasteiger partial charge in [0.1, 0.15) is 0 Å². The fourth-order valence-electron chi connectivity index (χ4n) is 3.36. The number of sulfonamides is 1. The van der Waals surface area contributed by atoms with Gasteiger partial charge in [-0.1, -0.05) is 23.7 Å². The summed E-state index contributed by atoms with van der Waals surface area (Å²) >= 11 is 6.04. The molecule has 0 saturated carbocycles. The Kier molecular flexibility index (Phi) is 7.90. The number of nitrogens with one attached hydrogen (secondary N) is 1. The van der Waals surface area contributed by atoms with Gasteiger partial charge in [0.15, 0.2) is 11.5 Å². The summed E-state index contributed by atoms with van der Waals surface area (Å²) in [6.07, 6.45) is 0. The first-order valence-corrected chi connectivity index (χ1v) is 12.0. The third kappa shape index (κ3) is 5.37. The van der Waals surface area contributed by atoms with Crippen LogP contribution in [0.3, 0.4) is 0 Å². The van der Waals surface area contributed by atoms with Crippen molar-refractivity contribution in [3.63, 3.8) is 0 Å². The van der Waals surface area contributed by atoms with Crippen molar-refractivity contribution in [3.8, 4) is 17.2 Å². The number of hydrogen-bond acceptors (Lipinski definition) is 6. The zero-order valence-electron chi connectivity index (χ0n) is 19.2. The average molecular weight is 505 g/mol. The molecule has 0 aliphatic heterocycles. The van der Waals surface area contributed by atoms with Crippen molar-refractivity contribution in [1.29, 1.82) is 0 Å². The van der Waals surface area contributed by atoms with E-state index in [-0.39, 0.29) is 28.1 Å². The fraction of sp³-hybridized carbons (Fsp3) is 0.208. The van der Waals surface area contributed by atoms with Gasteiger partial charge in [-0.3, -0.25) is 9.52 Å². The Bertz CT molecular complexity index is 1280. The lowest BCUT2D eigenvalue weighted by Gasteiger charge is -2.21. The molecular weight excluding hydrogens is 480 g/mol. The first-order chi connectivity index (χ1) is 16.2. The van der Waals surface area contributed by atoms with E-state index < -0.39 is 10.0 Å². The Morgan fingerprint density at radius 2 is 1.56 bits per heavy atom. The molecule has 0 radical (unpaired) electrons. The minimum atomic E-state index is -3.87. The number of benzene rings is 3. The van der Waals surface area contributed by atoms with E-state index in [9.17, 15) is 13.2 Å². The Balaban J connectivity index is 1.78. The van der Waals surface area contributed by atoms with Crippen LogP contribution in [0.15, 0.2) is 65.6 Å². The van der Waals surface area contributed by atoms with Gasteiger partial charge >= 0.3 is 0 Å². The minimum Gasteiger partial charge on any atom is -0.493 e. The summed E-state index contributed by atoms with van der Waals surface area (Å²) in [6.45, 7) is 0.233. The number of rotatable bonds is 9. The molecule has 0 saturated heterocycles. The highest BCUT2D eigenvalue weighted by Crippen LogP contribution is 2.40. The van der Waals surface area contributed by atoms with Crippen LogP contribution >= 0.6 is 11.6 Å². The van der Waals surface area contributed by atoms with Crippen LogP contribution in [0, 0.1) is 0 Å². The van der Waals surface area contributed by atoms with E-state index in [0.29, 0.717) is 22.8 Å². The van der Waals surface area contributed by atoms with Crippen molar-refractivity contribution in [3.05, 3.63) is 76.8 Å². The normalized spacial score (nSPS) is 11.0. The second-order valence-electron chi connectivity index (χ2n) is 7.26. The molecule has 10 heteroatoms. The van der Waals surface area contributed by atoms with Crippen molar-refractivity contribution in [1.82, 2.24) is 4.90 Å². The molecule has 0 spiro atoms. The Labute approximate surface area is 204 Å². The zero-order valence-corrected chi connectivity index (χ0v) is 20.7. The monoisotopic (exact) mass is 504 g/mol. The van der Waals surface area contributed by atoms with Gasteiger partial charge in [-0.25, -0.2) is 8.42 Å². The number of anilines is 1. The van der Waals surface area contributed by atoms with E-state index in [1.807, 2.05) is 0 Å². The maximum absolute atomic E-state index is 13.0. The van der Waals surface area contributed by atoms with Gasteiger partial charge in [0.25, 0.3) is 15.9 Å². The van der Waals surface area contributed by atoms with Crippen molar-refractivity contribution < 1.29 is 27.4 Å². The van der Waals surface area contributed by atoms with Crippen LogP contribution in [-0.4, -0.2) is 47.6 Å². The molecular formula is C24H25ClN2O6S. The van der Waals surface area contributed by atoms with Gasteiger partial charge in [-0.2, -0.15) is 0 Å². The number of para-hydroxylation sites is 1. The second kappa shape index (κ2) is 10.7. The number of methoxy groups -OCH3 is 3. The van der Waals surface area contributed by atoms with E-state index in [0.717, 1.165) is 5.56 Å². The first-order valence-electron chi connectivity index (χ1n) is 10.1. The SMILES string of the molecule is COc1ccc(CN(C)C(=O)c2ccc(S(=O)(=O)Nc3ccccc3Cl)cc2)c(OC)c1OC. The molecule has 3 aromatic carbocycles. The van der Waals surface area contributed by atoms with Crippen molar-refractivity contribution >= 4 is 33.2 Å². The molecule has 0 bridgehead atoms. The maximum Gasteiger partial charge on any atom is 0.261 e. The van der Waals surface area contributed by atoms with Gasteiger partial charge in [-0.05, 0) is 48.5 Å². The van der Waals surface area contributed by atoms with Crippen LogP contribution in [-0.2, 0) is 16.6 Å². The van der Waals surface area contributed by atoms with Crippen LogP contribution in [0.4, 0.5) is 5.69 Å². The predicted octanol–water partition coefficient (Wildman–Crippen LogP) is 4.44. The third-order valence-electron chi connectivity index (χ3n) is 5.07. The molecule has 1 amide bonds. The molecule has 0 heterocycles. The lowest BCUT2D eigenvalue weighted by molar-refractivity contribution is 0.0784. The Morgan fingerprint density at radius 3 is 2.15 bits per heavy atom. The van der Waals surface area contributed by atoms with Crippen molar-refractivity contribution in [2.75, 3.05) is 33.1 Å². The van der Waals surface area contributed by atoms with Crippen molar-refractivity contribution in [2.45, 2.75) is 11.4 Å². The van der Waals surface area contributed by atoms with E-state index in [4.69, 9.17) is 25.8 Å². The summed E-state index contributed by atoms with van der Waals surface area (Å²) in [4.78, 5) is 14.5. The molecule has 0 unspecified atom stereocenters. The molecule has 34 heavy (non-hydrogen) atoms. The molecule has 8 nitrogen and oxygen atoms in total. The predicted molar refractivity (Wildman–Crippen MR) is 131 cm³/mol. The molecule has 3 aromatic rings. The summed E-state index contributed by atoms with van der Waals surface area (Å²) in [5.74, 6) is 1.12. The fourth-order valence-corrected chi connectivity index (χ4v) is 4.68. The first kappa shape index (κ1) is 25.2. The van der Waals surface area contributed by atoms with Gasteiger partial charge in [0.05, 0.1) is 36.9 Å². The highest BCUT2D eigenvalue weighted by Gasteiger charge is 2.21. The number of halogens is 1. The quantitative estimate of drug-likeness (QED) is 0.463. The smallest absolute Gasteiger partial charge is 0.261 e. The van der Waals surface area contributed by atoms with Gasteiger partial charge in [-0.15, -0.1) is 0 Å². The van der Waals surface area contributed by atoms with Gasteiger partial charge in [0.2, 0.25) is 5.75 Å². The van der Waals surface area contributed by atoms with Crippen LogP contribution < -0.4 is 18.9 Å². The van der Waals surface area contributed by atoms with Crippen LogP contribution in [0.25, 0.3) is 0 Å². The van der Waals surface area contributed by atoms with Crippen LogP contribution in [0.1, 0.15) is 15.9 Å². The maximum atomic E-state index is 13.0. The van der Waals surface area contributed by atoms with E-state index in [2.05, 4.69) is 4.72 Å². The second-order valence-corrected chi connectivity index (χ2v) is 9.35. The summed E-state index contributed by atoms with van der Waals surface area (Å²) in [5, 5.41) is 0.282. The van der Waals surface area contributed by atoms with E-state index >= 15 is 0 Å². The zero-order chi connectivity index (χ0) is 24.9. The topological polar surface area (TPSA) is 94.2 Å². The summed E-state index contributed by atoms with van der Waals surface area (Å²) < 4.78 is 44.0. The minimum absolute atomic E-state index is 0.00758. The molecule has 0 aliphatic carbocycles. The highest BCUT2D eigenvalue weighted by molar-refractivity contribution is 7.92. The molecule has 3 rings (SSSR count). The molecule has 0 aliphatic rings. The van der Waals surface area contributed by atoms with Gasteiger partial charge < -0.3 is 19.1 Å². The lowest BCUT2D eigenvalue weighted by Crippen LogP contribution is -2.26. The number of ether oxygens (including phenoxy) is 3. The Hall–Kier alpha value is -3.43. The Morgan fingerprint density at radius 1 is 0.912 bits per heavy atom. The number of carbonyl (C=O) groups is 1. The summed E-state index contributed by atoms with van der Waals surface area (Å²) in [5.41, 5.74) is 1.32. The summed E-state index contributed by atoms with van der Waals surface area (Å²) in [6, 6.07) is 15.7. The third-order valence-corrected chi connectivity index (χ3v) is 6.78. The molecule has 180 valence electrons. The standard InChI is InChI=1S/C24H25ClN2O6S/c1-27(15-17-11-14-21(31-2)23(33-4)22(17)32-3)24(28)16-9-12-18(13-10-16)34(29,30)26-20-8-6-5-7-19(20)25/h5-14,26H,15H2,1-4H3. The molecule has 0 fully saturated rings. The largest absolute Gasteiger partial charge is 0.493 e. The molecule has 0 atom stereocenters. The van der Waals surface area contributed by atoms with Crippen LogP contribution in [0.5, 0.6) is 17.2 Å². The number of amides is 1. The van der Waals surface area contributed by atoms with Gasteiger partial charge in [0, 0.05) is 24.7 Å². The number of carbonyl (C=O) groups excluding carboxylic acids is 1. The average Bonchev–Trinajstić information content (AvgIpc) is 2.84. The lowest BCUT2D eigenvalue weighted by atomic mass is 10.1. The van der Waals surface area contributed by atoms with E-state index in [1.165, 1.54) is 50.5 Å². The summed E-state index contributed by atoms with van der Waals surface area (Å²) in [7, 11) is 2.32. The number of nitrogens with zero attached hydrogens (tertiary/aromatic N) is 1. The highest BCUT2D eigenvalue weighted by atomic mass is 35.5. The van der Waals surface area contributed by atoms with Crippen molar-refractivity contribution in [2.24, 2.45) is 0 Å². The van der Waals surface area contributed by atoms with E-state index in [1.54, 1.807) is 43.4 Å². The number of hydrogen-bond donors (Lipinski definition) is 1. The molecule has 0 aromatic heterocycles. The molecule has 1 N–H and O–H groups in total.